The van der Waals surface area contributed by atoms with Crippen molar-refractivity contribution in [3.8, 4) is 11.1 Å². The summed E-state index contributed by atoms with van der Waals surface area (Å²) in [5.74, 6) is -0.241. The maximum atomic E-state index is 13.0. The van der Waals surface area contributed by atoms with Crippen LogP contribution in [0.25, 0.3) is 11.1 Å². The summed E-state index contributed by atoms with van der Waals surface area (Å²) in [5, 5.41) is 1.15. The Morgan fingerprint density at radius 3 is 2.12 bits per heavy atom. The molecule has 0 aliphatic rings. The highest BCUT2D eigenvalue weighted by Crippen LogP contribution is 2.29. The number of benzene rings is 2. The summed E-state index contributed by atoms with van der Waals surface area (Å²) in [5.41, 5.74) is 2.69. The normalized spacial score (nSPS) is 10.5. The third-order valence-corrected chi connectivity index (χ3v) is 2.80. The molecule has 0 heterocycles. The molecule has 0 fully saturated rings. The quantitative estimate of drug-likeness (QED) is 0.664. The summed E-state index contributed by atoms with van der Waals surface area (Å²) in [6, 6.07) is 9.95. The van der Waals surface area contributed by atoms with Crippen LogP contribution in [0.3, 0.4) is 0 Å². The van der Waals surface area contributed by atoms with Crippen LogP contribution in [0.5, 0.6) is 0 Å². The molecule has 0 aliphatic carbocycles. The van der Waals surface area contributed by atoms with Gasteiger partial charge in [-0.15, -0.1) is 0 Å². The van der Waals surface area contributed by atoms with Gasteiger partial charge in [0.05, 0.1) is 0 Å². The van der Waals surface area contributed by atoms with Gasteiger partial charge in [-0.3, -0.25) is 0 Å². The minimum Gasteiger partial charge on any atom is -0.207 e. The Bertz CT molecular complexity index is 515. The standard InChI is InChI=1S/C13H9Cl2F/c1-8-4-12(16)2-3-13(8)9-5-10(14)7-11(15)6-9/h2-7H,1H3. The molecule has 82 valence electrons. The van der Waals surface area contributed by atoms with Gasteiger partial charge >= 0.3 is 0 Å². The molecule has 0 nitrogen and oxygen atoms in total. The van der Waals surface area contributed by atoms with Crippen LogP contribution in [0.2, 0.25) is 10.0 Å². The lowest BCUT2D eigenvalue weighted by molar-refractivity contribution is 0.627. The zero-order chi connectivity index (χ0) is 11.7. The summed E-state index contributed by atoms with van der Waals surface area (Å²) in [6.07, 6.45) is 0. The highest BCUT2D eigenvalue weighted by molar-refractivity contribution is 6.35. The molecule has 2 rings (SSSR count). The van der Waals surface area contributed by atoms with E-state index in [-0.39, 0.29) is 5.82 Å². The average molecular weight is 255 g/mol. The number of hydrogen-bond acceptors (Lipinski definition) is 0. The van der Waals surface area contributed by atoms with Gasteiger partial charge in [0.15, 0.2) is 0 Å². The maximum Gasteiger partial charge on any atom is 0.123 e. The maximum absolute atomic E-state index is 13.0. The Morgan fingerprint density at radius 1 is 0.938 bits per heavy atom. The number of aryl methyl sites for hydroxylation is 1. The van der Waals surface area contributed by atoms with Crippen LogP contribution in [-0.4, -0.2) is 0 Å². The third-order valence-electron chi connectivity index (χ3n) is 2.36. The molecule has 0 amide bonds. The first-order valence-electron chi connectivity index (χ1n) is 4.79. The Labute approximate surface area is 104 Å². The van der Waals surface area contributed by atoms with E-state index >= 15 is 0 Å². The molecule has 0 radical (unpaired) electrons. The molecule has 0 atom stereocenters. The molecule has 0 unspecified atom stereocenters. The van der Waals surface area contributed by atoms with Crippen LogP contribution in [0.4, 0.5) is 4.39 Å². The van der Waals surface area contributed by atoms with Gasteiger partial charge in [0.2, 0.25) is 0 Å². The second-order valence-corrected chi connectivity index (χ2v) is 4.49. The van der Waals surface area contributed by atoms with Crippen molar-refractivity contribution in [3.63, 3.8) is 0 Å². The van der Waals surface area contributed by atoms with Gasteiger partial charge in [-0.05, 0) is 53.9 Å². The Morgan fingerprint density at radius 2 is 1.56 bits per heavy atom. The molecule has 0 aliphatic heterocycles. The fourth-order valence-corrected chi connectivity index (χ4v) is 2.19. The smallest absolute Gasteiger partial charge is 0.123 e. The molecule has 2 aromatic carbocycles. The lowest BCUT2D eigenvalue weighted by Crippen LogP contribution is -1.85. The topological polar surface area (TPSA) is 0 Å². The van der Waals surface area contributed by atoms with E-state index in [4.69, 9.17) is 23.2 Å². The van der Waals surface area contributed by atoms with E-state index in [9.17, 15) is 4.39 Å². The first-order chi connectivity index (χ1) is 7.56. The van der Waals surface area contributed by atoms with Gasteiger partial charge in [-0.2, -0.15) is 0 Å². The van der Waals surface area contributed by atoms with Gasteiger partial charge < -0.3 is 0 Å². The fraction of sp³-hybridized carbons (Fsp3) is 0.0769. The molecule has 0 N–H and O–H groups in total. The summed E-state index contributed by atoms with van der Waals surface area (Å²) in [7, 11) is 0. The zero-order valence-electron chi connectivity index (χ0n) is 8.60. The van der Waals surface area contributed by atoms with Crippen molar-refractivity contribution in [2.45, 2.75) is 6.92 Å². The van der Waals surface area contributed by atoms with Crippen molar-refractivity contribution >= 4 is 23.2 Å². The Hall–Kier alpha value is -1.05. The first kappa shape index (κ1) is 11.4. The number of hydrogen-bond donors (Lipinski definition) is 0. The van der Waals surface area contributed by atoms with Crippen molar-refractivity contribution in [2.24, 2.45) is 0 Å². The summed E-state index contributed by atoms with van der Waals surface area (Å²) in [6.45, 7) is 1.85. The van der Waals surface area contributed by atoms with Crippen molar-refractivity contribution in [1.82, 2.24) is 0 Å². The monoisotopic (exact) mass is 254 g/mol. The summed E-state index contributed by atoms with van der Waals surface area (Å²) >= 11 is 11.9. The molecular formula is C13H9Cl2F. The lowest BCUT2D eigenvalue weighted by Gasteiger charge is -2.07. The predicted molar refractivity (Wildman–Crippen MR) is 66.6 cm³/mol. The molecule has 3 heteroatoms. The van der Waals surface area contributed by atoms with E-state index in [0.717, 1.165) is 16.7 Å². The molecule has 0 saturated carbocycles. The Kier molecular flexibility index (Phi) is 3.17. The van der Waals surface area contributed by atoms with Crippen molar-refractivity contribution < 1.29 is 4.39 Å². The minimum absolute atomic E-state index is 0.241. The van der Waals surface area contributed by atoms with Gasteiger partial charge in [0.25, 0.3) is 0 Å². The van der Waals surface area contributed by atoms with E-state index < -0.39 is 0 Å². The molecule has 16 heavy (non-hydrogen) atoms. The lowest BCUT2D eigenvalue weighted by atomic mass is 10.0. The predicted octanol–water partition coefficient (Wildman–Crippen LogP) is 5.11. The largest absolute Gasteiger partial charge is 0.207 e. The summed E-state index contributed by atoms with van der Waals surface area (Å²) in [4.78, 5) is 0. The highest BCUT2D eigenvalue weighted by atomic mass is 35.5. The van der Waals surface area contributed by atoms with Crippen LogP contribution < -0.4 is 0 Å². The van der Waals surface area contributed by atoms with Crippen molar-refractivity contribution in [2.75, 3.05) is 0 Å². The van der Waals surface area contributed by atoms with Crippen LogP contribution in [0.1, 0.15) is 5.56 Å². The van der Waals surface area contributed by atoms with Gasteiger partial charge in [-0.1, -0.05) is 29.3 Å². The zero-order valence-corrected chi connectivity index (χ0v) is 10.1. The molecular weight excluding hydrogens is 246 g/mol. The molecule has 0 saturated heterocycles. The second-order valence-electron chi connectivity index (χ2n) is 3.62. The molecule has 0 spiro atoms. The minimum atomic E-state index is -0.241. The SMILES string of the molecule is Cc1cc(F)ccc1-c1cc(Cl)cc(Cl)c1. The molecule has 0 aromatic heterocycles. The molecule has 0 bridgehead atoms. The Balaban J connectivity index is 2.58. The van der Waals surface area contributed by atoms with E-state index in [2.05, 4.69) is 0 Å². The second kappa shape index (κ2) is 4.44. The van der Waals surface area contributed by atoms with Crippen LogP contribution in [0, 0.1) is 12.7 Å². The van der Waals surface area contributed by atoms with Crippen molar-refractivity contribution in [1.29, 1.82) is 0 Å². The van der Waals surface area contributed by atoms with E-state index in [1.54, 1.807) is 12.1 Å². The number of halogens is 3. The van der Waals surface area contributed by atoms with Gasteiger partial charge in [-0.25, -0.2) is 4.39 Å². The van der Waals surface area contributed by atoms with Gasteiger partial charge in [0, 0.05) is 10.0 Å². The van der Waals surface area contributed by atoms with E-state index in [1.165, 1.54) is 12.1 Å². The highest BCUT2D eigenvalue weighted by Gasteiger charge is 2.05. The van der Waals surface area contributed by atoms with Crippen LogP contribution in [0.15, 0.2) is 36.4 Å². The molecule has 2 aromatic rings. The number of rotatable bonds is 1. The average Bonchev–Trinajstić information content (AvgIpc) is 2.15. The van der Waals surface area contributed by atoms with Crippen molar-refractivity contribution in [3.05, 3.63) is 57.8 Å². The van der Waals surface area contributed by atoms with E-state index in [1.807, 2.05) is 19.1 Å². The van der Waals surface area contributed by atoms with Gasteiger partial charge in [0.1, 0.15) is 5.82 Å². The summed E-state index contributed by atoms with van der Waals surface area (Å²) < 4.78 is 13.0. The van der Waals surface area contributed by atoms with Crippen LogP contribution >= 0.6 is 23.2 Å². The third kappa shape index (κ3) is 2.37. The fourth-order valence-electron chi connectivity index (χ4n) is 1.66. The van der Waals surface area contributed by atoms with E-state index in [0.29, 0.717) is 10.0 Å². The first-order valence-corrected chi connectivity index (χ1v) is 5.54. The van der Waals surface area contributed by atoms with Crippen LogP contribution in [-0.2, 0) is 0 Å².